The van der Waals surface area contributed by atoms with E-state index in [1.54, 1.807) is 0 Å². The fourth-order valence-corrected chi connectivity index (χ4v) is 4.94. The molecule has 1 aromatic carbocycles. The van der Waals surface area contributed by atoms with Gasteiger partial charge in [0, 0.05) is 11.7 Å². The van der Waals surface area contributed by atoms with E-state index in [0.717, 1.165) is 30.8 Å². The molecule has 0 atom stereocenters. The molecule has 2 aromatic rings. The Morgan fingerprint density at radius 1 is 1.21 bits per heavy atom. The van der Waals surface area contributed by atoms with Gasteiger partial charge in [-0.05, 0) is 44.0 Å². The first kappa shape index (κ1) is 21.7. The predicted octanol–water partition coefficient (Wildman–Crippen LogP) is 3.82. The largest absolute Gasteiger partial charge is 0.341 e. The number of nitrogens with zero attached hydrogens (tertiary/aromatic N) is 3. The quantitative estimate of drug-likeness (QED) is 0.653. The first-order chi connectivity index (χ1) is 13.8. The van der Waals surface area contributed by atoms with Crippen LogP contribution in [-0.2, 0) is 14.6 Å². The predicted molar refractivity (Wildman–Crippen MR) is 106 cm³/mol. The highest BCUT2D eigenvalue weighted by molar-refractivity contribution is 7.99. The summed E-state index contributed by atoms with van der Waals surface area (Å²) < 4.78 is 50.1. The van der Waals surface area contributed by atoms with Crippen LogP contribution in [0.15, 0.2) is 34.3 Å². The smallest absolute Gasteiger partial charge is 0.325 e. The second-order valence-corrected chi connectivity index (χ2v) is 9.72. The monoisotopic (exact) mass is 444 g/mol. The van der Waals surface area contributed by atoms with Crippen molar-refractivity contribution >= 4 is 33.2 Å². The Kier molecular flexibility index (Phi) is 6.89. The van der Waals surface area contributed by atoms with E-state index in [1.807, 2.05) is 6.92 Å². The van der Waals surface area contributed by atoms with Crippen LogP contribution in [0.3, 0.4) is 0 Å². The van der Waals surface area contributed by atoms with Crippen LogP contribution in [-0.4, -0.2) is 40.6 Å². The van der Waals surface area contributed by atoms with Gasteiger partial charge in [0.15, 0.2) is 5.16 Å². The molecular weight excluding hydrogens is 422 g/mol. The molecule has 1 heterocycles. The fourth-order valence-electron chi connectivity index (χ4n) is 3.37. The number of rotatable bonds is 7. The van der Waals surface area contributed by atoms with Gasteiger partial charge in [0.05, 0.1) is 10.6 Å². The highest BCUT2D eigenvalue weighted by Gasteiger charge is 2.26. The number of aryl methyl sites for hydroxylation is 1. The lowest BCUT2D eigenvalue weighted by molar-refractivity contribution is -0.113. The van der Waals surface area contributed by atoms with Crippen LogP contribution in [0, 0.1) is 6.92 Å². The van der Waals surface area contributed by atoms with Gasteiger partial charge in [-0.1, -0.05) is 31.0 Å². The van der Waals surface area contributed by atoms with Crippen molar-refractivity contribution in [3.63, 3.8) is 0 Å². The summed E-state index contributed by atoms with van der Waals surface area (Å²) in [5.41, 5.74) is 0.328. The van der Waals surface area contributed by atoms with Crippen LogP contribution in [0.4, 0.5) is 14.5 Å². The van der Waals surface area contributed by atoms with E-state index in [2.05, 4.69) is 20.1 Å². The minimum Gasteiger partial charge on any atom is -0.325 e. The second-order valence-electron chi connectivity index (χ2n) is 6.86. The van der Waals surface area contributed by atoms with Crippen molar-refractivity contribution in [2.24, 2.45) is 0 Å². The Morgan fingerprint density at radius 3 is 2.48 bits per heavy atom. The van der Waals surface area contributed by atoms with Gasteiger partial charge in [-0.15, -0.1) is 10.2 Å². The molecule has 7 nitrogen and oxygen atoms in total. The summed E-state index contributed by atoms with van der Waals surface area (Å²) in [4.78, 5) is 11.8. The minimum absolute atomic E-state index is 0.0991. The van der Waals surface area contributed by atoms with E-state index in [9.17, 15) is 22.0 Å². The van der Waals surface area contributed by atoms with Gasteiger partial charge in [-0.3, -0.25) is 4.79 Å². The third-order valence-corrected chi connectivity index (χ3v) is 7.15. The van der Waals surface area contributed by atoms with Crippen LogP contribution in [0.25, 0.3) is 0 Å². The molecule has 1 aliphatic carbocycles. The molecular formula is C18H22F2N4O3S2. The van der Waals surface area contributed by atoms with Gasteiger partial charge in [0.2, 0.25) is 15.7 Å². The zero-order valence-electron chi connectivity index (χ0n) is 15.8. The maximum Gasteiger partial charge on any atom is 0.341 e. The van der Waals surface area contributed by atoms with Gasteiger partial charge in [0.1, 0.15) is 5.82 Å². The van der Waals surface area contributed by atoms with E-state index in [4.69, 9.17) is 0 Å². The van der Waals surface area contributed by atoms with Crippen molar-refractivity contribution in [1.82, 2.24) is 14.8 Å². The lowest BCUT2D eigenvalue weighted by atomic mass is 9.95. The maximum absolute atomic E-state index is 12.6. The number of carbonyl (C=O) groups excluding carboxylic acids is 1. The first-order valence-electron chi connectivity index (χ1n) is 9.25. The van der Waals surface area contributed by atoms with Crippen LogP contribution in [0.1, 0.15) is 44.0 Å². The molecule has 1 amide bonds. The van der Waals surface area contributed by atoms with E-state index in [0.29, 0.717) is 16.9 Å². The highest BCUT2D eigenvalue weighted by atomic mass is 32.2. The number of anilines is 1. The molecule has 0 aliphatic heterocycles. The van der Waals surface area contributed by atoms with Gasteiger partial charge >= 0.3 is 5.76 Å². The summed E-state index contributed by atoms with van der Waals surface area (Å²) >= 11 is 1.28. The lowest BCUT2D eigenvalue weighted by Gasteiger charge is -2.24. The Bertz CT molecular complexity index is 956. The van der Waals surface area contributed by atoms with Crippen molar-refractivity contribution in [3.05, 3.63) is 30.1 Å². The molecule has 0 unspecified atom stereocenters. The number of carbonyl (C=O) groups is 1. The molecule has 1 N–H and O–H groups in total. The van der Waals surface area contributed by atoms with E-state index in [1.165, 1.54) is 43.2 Å². The Morgan fingerprint density at radius 2 is 1.86 bits per heavy atom. The van der Waals surface area contributed by atoms with Gasteiger partial charge in [-0.2, -0.15) is 8.78 Å². The van der Waals surface area contributed by atoms with E-state index < -0.39 is 20.5 Å². The number of nitrogens with one attached hydrogen (secondary N) is 1. The molecule has 1 fully saturated rings. The summed E-state index contributed by atoms with van der Waals surface area (Å²) in [6.45, 7) is 1.90. The molecule has 0 spiro atoms. The summed E-state index contributed by atoms with van der Waals surface area (Å²) in [5.74, 6) is -2.86. The van der Waals surface area contributed by atoms with Crippen molar-refractivity contribution in [2.75, 3.05) is 11.1 Å². The summed E-state index contributed by atoms with van der Waals surface area (Å²) in [6.07, 6.45) is 5.73. The van der Waals surface area contributed by atoms with E-state index in [-0.39, 0.29) is 11.7 Å². The molecule has 1 saturated carbocycles. The topological polar surface area (TPSA) is 94.0 Å². The Balaban J connectivity index is 1.60. The molecule has 3 rings (SSSR count). The summed E-state index contributed by atoms with van der Waals surface area (Å²) in [6, 6.07) is 5.02. The number of sulfone groups is 1. The van der Waals surface area contributed by atoms with Crippen molar-refractivity contribution < 1.29 is 22.0 Å². The first-order valence-corrected chi connectivity index (χ1v) is 11.8. The number of benzene rings is 1. The molecule has 0 radical (unpaired) electrons. The Hall–Kier alpha value is -2.01. The van der Waals surface area contributed by atoms with E-state index >= 15 is 0 Å². The molecule has 1 aliphatic rings. The maximum atomic E-state index is 12.6. The van der Waals surface area contributed by atoms with Crippen LogP contribution in [0.2, 0.25) is 0 Å². The zero-order valence-corrected chi connectivity index (χ0v) is 17.5. The SMILES string of the molecule is Cc1nnc(SCC(=O)Nc2ccc(S(=O)(=O)C(F)F)cc2)n1C1CCCCC1. The number of alkyl halides is 2. The average Bonchev–Trinajstić information content (AvgIpc) is 3.08. The second kappa shape index (κ2) is 9.21. The van der Waals surface area contributed by atoms with Crippen LogP contribution < -0.4 is 5.32 Å². The number of hydrogen-bond donors (Lipinski definition) is 1. The van der Waals surface area contributed by atoms with Crippen molar-refractivity contribution in [2.45, 2.75) is 60.9 Å². The van der Waals surface area contributed by atoms with Crippen molar-refractivity contribution in [1.29, 1.82) is 0 Å². The molecule has 1 aromatic heterocycles. The Labute approximate surface area is 172 Å². The lowest BCUT2D eigenvalue weighted by Crippen LogP contribution is -2.17. The number of hydrogen-bond acceptors (Lipinski definition) is 6. The number of amides is 1. The fraction of sp³-hybridized carbons (Fsp3) is 0.500. The van der Waals surface area contributed by atoms with Crippen LogP contribution in [0.5, 0.6) is 0 Å². The number of thioether (sulfide) groups is 1. The summed E-state index contributed by atoms with van der Waals surface area (Å²) in [7, 11) is -4.65. The molecule has 0 bridgehead atoms. The summed E-state index contributed by atoms with van der Waals surface area (Å²) in [5, 5.41) is 11.6. The van der Waals surface area contributed by atoms with Gasteiger partial charge < -0.3 is 9.88 Å². The zero-order chi connectivity index (χ0) is 21.0. The average molecular weight is 445 g/mol. The minimum atomic E-state index is -4.65. The van der Waals surface area contributed by atoms with Gasteiger partial charge in [-0.25, -0.2) is 8.42 Å². The molecule has 29 heavy (non-hydrogen) atoms. The normalized spacial score (nSPS) is 15.6. The molecule has 11 heteroatoms. The third kappa shape index (κ3) is 5.13. The molecule has 0 saturated heterocycles. The molecule has 158 valence electrons. The third-order valence-electron chi connectivity index (χ3n) is 4.81. The highest BCUT2D eigenvalue weighted by Crippen LogP contribution is 2.32. The van der Waals surface area contributed by atoms with Gasteiger partial charge in [0.25, 0.3) is 0 Å². The number of aromatic nitrogens is 3. The standard InChI is InChI=1S/C18H22F2N4O3S2/c1-12-22-23-18(24(12)14-5-3-2-4-6-14)28-11-16(25)21-13-7-9-15(10-8-13)29(26,27)17(19)20/h7-10,14,17H,2-6,11H2,1H3,(H,21,25). The number of halogens is 2. The van der Waals surface area contributed by atoms with Crippen molar-refractivity contribution in [3.8, 4) is 0 Å². The van der Waals surface area contributed by atoms with Crippen LogP contribution >= 0.6 is 11.8 Å².